The zero-order chi connectivity index (χ0) is 19.1. The van der Waals surface area contributed by atoms with E-state index in [1.165, 1.54) is 43.5 Å². The van der Waals surface area contributed by atoms with E-state index in [2.05, 4.69) is 0 Å². The molecule has 0 aliphatic heterocycles. The van der Waals surface area contributed by atoms with E-state index < -0.39 is 21.5 Å². The van der Waals surface area contributed by atoms with E-state index in [1.807, 2.05) is 0 Å². The molecule has 9 heteroatoms. The van der Waals surface area contributed by atoms with Crippen molar-refractivity contribution in [2.24, 2.45) is 0 Å². The van der Waals surface area contributed by atoms with Crippen molar-refractivity contribution in [1.29, 1.82) is 0 Å². The van der Waals surface area contributed by atoms with Crippen molar-refractivity contribution in [2.75, 3.05) is 11.8 Å². The Labute approximate surface area is 146 Å². The Balaban J connectivity index is 2.45. The summed E-state index contributed by atoms with van der Waals surface area (Å²) in [7, 11) is -4.45. The Morgan fingerprint density at radius 1 is 0.923 bits per heavy atom. The van der Waals surface area contributed by atoms with Crippen LogP contribution in [0.4, 0.5) is 18.9 Å². The third kappa shape index (κ3) is 2.84. The van der Waals surface area contributed by atoms with Gasteiger partial charge in [0, 0.05) is 10.8 Å². The molecule has 0 spiro atoms. The number of rotatable bonds is 3. The van der Waals surface area contributed by atoms with Gasteiger partial charge in [-0.1, -0.05) is 48.5 Å². The van der Waals surface area contributed by atoms with Gasteiger partial charge in [-0.05, 0) is 10.8 Å². The molecule has 3 aromatic rings. The van der Waals surface area contributed by atoms with Crippen LogP contribution in [-0.2, 0) is 14.8 Å². The molecule has 0 fully saturated rings. The smallest absolute Gasteiger partial charge is 0.465 e. The van der Waals surface area contributed by atoms with Crippen molar-refractivity contribution in [3.63, 3.8) is 0 Å². The summed E-state index contributed by atoms with van der Waals surface area (Å²) in [5.74, 6) is -0.678. The number of hydrogen-bond donors (Lipinski definition) is 1. The number of halogens is 3. The van der Waals surface area contributed by atoms with Crippen LogP contribution < -0.4 is 4.72 Å². The second-order valence-electron chi connectivity index (χ2n) is 5.38. The first kappa shape index (κ1) is 18.0. The van der Waals surface area contributed by atoms with Crippen LogP contribution in [0.1, 0.15) is 10.4 Å². The van der Waals surface area contributed by atoms with Crippen LogP contribution in [0.2, 0.25) is 0 Å². The first-order valence-electron chi connectivity index (χ1n) is 7.28. The summed E-state index contributed by atoms with van der Waals surface area (Å²) in [6.07, 6.45) is 0. The molecule has 1 N–H and O–H groups in total. The van der Waals surface area contributed by atoms with Crippen molar-refractivity contribution in [2.45, 2.75) is 5.51 Å². The number of esters is 1. The minimum absolute atomic E-state index is 0.147. The summed E-state index contributed by atoms with van der Waals surface area (Å²) in [5.41, 5.74) is -5.58. The Morgan fingerprint density at radius 3 is 1.73 bits per heavy atom. The molecule has 0 aromatic heterocycles. The predicted molar refractivity (Wildman–Crippen MR) is 91.4 cm³/mol. The highest BCUT2D eigenvalue weighted by Gasteiger charge is 2.46. The van der Waals surface area contributed by atoms with Crippen molar-refractivity contribution in [3.05, 3.63) is 54.1 Å². The summed E-state index contributed by atoms with van der Waals surface area (Å²) >= 11 is 0. The highest BCUT2D eigenvalue weighted by atomic mass is 32.2. The second kappa shape index (κ2) is 6.17. The number of carbonyl (C=O) groups is 1. The topological polar surface area (TPSA) is 72.5 Å². The Hall–Kier alpha value is -2.81. The van der Waals surface area contributed by atoms with Gasteiger partial charge in [0.05, 0.1) is 18.4 Å². The summed E-state index contributed by atoms with van der Waals surface area (Å²) in [5, 5.41) is 0.856. The van der Waals surface area contributed by atoms with Crippen LogP contribution >= 0.6 is 0 Å². The van der Waals surface area contributed by atoms with Gasteiger partial charge in [-0.15, -0.1) is 0 Å². The van der Waals surface area contributed by atoms with Crippen molar-refractivity contribution in [1.82, 2.24) is 0 Å². The van der Waals surface area contributed by atoms with Crippen molar-refractivity contribution >= 4 is 43.2 Å². The van der Waals surface area contributed by atoms with E-state index in [1.54, 1.807) is 16.9 Å². The highest BCUT2D eigenvalue weighted by molar-refractivity contribution is 7.93. The Morgan fingerprint density at radius 2 is 1.35 bits per heavy atom. The van der Waals surface area contributed by atoms with E-state index in [4.69, 9.17) is 4.74 Å². The van der Waals surface area contributed by atoms with Gasteiger partial charge in [-0.25, -0.2) is 4.79 Å². The lowest BCUT2D eigenvalue weighted by atomic mass is 9.95. The monoisotopic (exact) mass is 383 g/mol. The maximum absolute atomic E-state index is 12.9. The van der Waals surface area contributed by atoms with E-state index in [0.717, 1.165) is 0 Å². The number of alkyl halides is 3. The number of ether oxygens (including phenoxy) is 1. The fourth-order valence-corrected chi connectivity index (χ4v) is 3.36. The van der Waals surface area contributed by atoms with Crippen LogP contribution in [0, 0.1) is 0 Å². The summed E-state index contributed by atoms with van der Waals surface area (Å²) in [6.45, 7) is 0. The molecule has 3 aromatic carbocycles. The average molecular weight is 383 g/mol. The molecule has 0 saturated carbocycles. The number of nitrogens with one attached hydrogen (secondary N) is 1. The SMILES string of the molecule is COC(=O)c1c2ccccc2c(NS(=O)(=O)C(F)(F)F)c2ccccc12. The average Bonchev–Trinajstić information content (AvgIpc) is 2.60. The number of fused-ring (bicyclic) bond motifs is 2. The van der Waals surface area contributed by atoms with Gasteiger partial charge < -0.3 is 4.74 Å². The maximum Gasteiger partial charge on any atom is 0.516 e. The molecule has 0 bridgehead atoms. The fourth-order valence-electron chi connectivity index (χ4n) is 2.75. The number of benzene rings is 3. The number of hydrogen-bond acceptors (Lipinski definition) is 4. The Bertz CT molecular complexity index is 1070. The molecule has 26 heavy (non-hydrogen) atoms. The number of anilines is 1. The molecule has 0 amide bonds. The van der Waals surface area contributed by atoms with E-state index in [0.29, 0.717) is 0 Å². The third-order valence-corrected chi connectivity index (χ3v) is 4.94. The number of carbonyl (C=O) groups excluding carboxylic acids is 1. The van der Waals surface area contributed by atoms with Crippen LogP contribution in [0.5, 0.6) is 0 Å². The lowest BCUT2D eigenvalue weighted by molar-refractivity contribution is -0.0429. The summed E-state index contributed by atoms with van der Waals surface area (Å²) < 4.78 is 68.3. The standard InChI is InChI=1S/C17H12F3NO4S/c1-25-16(22)14-10-6-2-4-8-12(10)15(13-9-5-3-7-11(13)14)21-26(23,24)17(18,19)20/h2-9,21H,1H3. The quantitative estimate of drug-likeness (QED) is 0.547. The fraction of sp³-hybridized carbons (Fsp3) is 0.118. The largest absolute Gasteiger partial charge is 0.516 e. The molecule has 136 valence electrons. The second-order valence-corrected chi connectivity index (χ2v) is 7.06. The normalized spacial score (nSPS) is 12.3. The molecule has 0 radical (unpaired) electrons. The van der Waals surface area contributed by atoms with Crippen LogP contribution in [-0.4, -0.2) is 27.0 Å². The Kier molecular flexibility index (Phi) is 4.27. The predicted octanol–water partition coefficient (Wildman–Crippen LogP) is 4.04. The van der Waals surface area contributed by atoms with Gasteiger partial charge in [0.2, 0.25) is 0 Å². The molecule has 0 saturated heterocycles. The van der Waals surface area contributed by atoms with Crippen molar-refractivity contribution < 1.29 is 31.1 Å². The molecule has 0 aliphatic carbocycles. The van der Waals surface area contributed by atoms with E-state index >= 15 is 0 Å². The first-order chi connectivity index (χ1) is 12.2. The van der Waals surface area contributed by atoms with Gasteiger partial charge in [-0.3, -0.25) is 4.72 Å². The van der Waals surface area contributed by atoms with Gasteiger partial charge >= 0.3 is 21.5 Å². The van der Waals surface area contributed by atoms with Crippen molar-refractivity contribution in [3.8, 4) is 0 Å². The summed E-state index contributed by atoms with van der Waals surface area (Å²) in [4.78, 5) is 12.3. The third-order valence-electron chi connectivity index (χ3n) is 3.86. The number of sulfonamides is 1. The molecule has 0 unspecified atom stereocenters. The zero-order valence-electron chi connectivity index (χ0n) is 13.3. The zero-order valence-corrected chi connectivity index (χ0v) is 14.1. The van der Waals surface area contributed by atoms with E-state index in [-0.39, 0.29) is 32.8 Å². The molecule has 3 rings (SSSR count). The van der Waals surface area contributed by atoms with Gasteiger partial charge in [0.25, 0.3) is 0 Å². The molecule has 0 aliphatic rings. The van der Waals surface area contributed by atoms with Gasteiger partial charge in [0.15, 0.2) is 0 Å². The van der Waals surface area contributed by atoms with E-state index in [9.17, 15) is 26.4 Å². The van der Waals surface area contributed by atoms with Crippen LogP contribution in [0.15, 0.2) is 48.5 Å². The lowest BCUT2D eigenvalue weighted by Gasteiger charge is -2.17. The lowest BCUT2D eigenvalue weighted by Crippen LogP contribution is -2.30. The van der Waals surface area contributed by atoms with Gasteiger partial charge in [0.1, 0.15) is 0 Å². The highest BCUT2D eigenvalue weighted by Crippen LogP contribution is 2.38. The van der Waals surface area contributed by atoms with Crippen LogP contribution in [0.25, 0.3) is 21.5 Å². The molecule has 0 heterocycles. The van der Waals surface area contributed by atoms with Crippen LogP contribution in [0.3, 0.4) is 0 Å². The minimum atomic E-state index is -5.64. The molecule has 0 atom stereocenters. The molecular weight excluding hydrogens is 371 g/mol. The van der Waals surface area contributed by atoms with Gasteiger partial charge in [-0.2, -0.15) is 21.6 Å². The molecule has 5 nitrogen and oxygen atoms in total. The maximum atomic E-state index is 12.9. The summed E-state index contributed by atoms with van der Waals surface area (Å²) in [6, 6.07) is 12.1. The number of methoxy groups -OCH3 is 1. The first-order valence-corrected chi connectivity index (χ1v) is 8.76. The molecular formula is C17H12F3NO4S. The minimum Gasteiger partial charge on any atom is -0.465 e.